The highest BCUT2D eigenvalue weighted by molar-refractivity contribution is 9.10. The Kier molecular flexibility index (Phi) is 2.63. The van der Waals surface area contributed by atoms with E-state index in [4.69, 9.17) is 23.2 Å². The van der Waals surface area contributed by atoms with E-state index >= 15 is 0 Å². The summed E-state index contributed by atoms with van der Waals surface area (Å²) in [5.41, 5.74) is 2.05. The van der Waals surface area contributed by atoms with Gasteiger partial charge in [-0.1, -0.05) is 23.2 Å². The van der Waals surface area contributed by atoms with Gasteiger partial charge in [0.25, 0.3) is 0 Å². The molecule has 0 saturated heterocycles. The molecule has 4 heteroatoms. The second-order valence-corrected chi connectivity index (χ2v) is 4.47. The van der Waals surface area contributed by atoms with E-state index in [2.05, 4.69) is 20.9 Å². The van der Waals surface area contributed by atoms with Crippen LogP contribution in [0, 0.1) is 0 Å². The standard InChI is InChI=1S/C9H6BrCl2N/c10-7-3-8(11)5-1-2-13-4-6(5)9(7)12/h3-4H,1-2H2. The Morgan fingerprint density at radius 2 is 2.15 bits per heavy atom. The predicted octanol–water partition coefficient (Wildman–Crippen LogP) is 3.73. The lowest BCUT2D eigenvalue weighted by atomic mass is 10.0. The predicted molar refractivity (Wildman–Crippen MR) is 60.3 cm³/mol. The molecule has 0 amide bonds. The number of nitrogens with zero attached hydrogens (tertiary/aromatic N) is 1. The molecule has 1 heterocycles. The van der Waals surface area contributed by atoms with Crippen LogP contribution in [-0.4, -0.2) is 12.8 Å². The summed E-state index contributed by atoms with van der Waals surface area (Å²) in [7, 11) is 0. The molecule has 0 aromatic heterocycles. The molecule has 2 rings (SSSR count). The van der Waals surface area contributed by atoms with Gasteiger partial charge < -0.3 is 0 Å². The van der Waals surface area contributed by atoms with Gasteiger partial charge in [-0.2, -0.15) is 0 Å². The van der Waals surface area contributed by atoms with Crippen LogP contribution in [0.25, 0.3) is 0 Å². The lowest BCUT2D eigenvalue weighted by Crippen LogP contribution is -2.04. The lowest BCUT2D eigenvalue weighted by molar-refractivity contribution is 0.952. The zero-order chi connectivity index (χ0) is 9.42. The quantitative estimate of drug-likeness (QED) is 0.641. The highest BCUT2D eigenvalue weighted by Gasteiger charge is 2.15. The Labute approximate surface area is 94.9 Å². The van der Waals surface area contributed by atoms with Crippen LogP contribution in [0.2, 0.25) is 10.0 Å². The maximum absolute atomic E-state index is 6.09. The Morgan fingerprint density at radius 1 is 1.38 bits per heavy atom. The molecule has 0 N–H and O–H groups in total. The topological polar surface area (TPSA) is 12.4 Å². The second-order valence-electron chi connectivity index (χ2n) is 2.83. The van der Waals surface area contributed by atoms with E-state index in [0.717, 1.165) is 33.6 Å². The van der Waals surface area contributed by atoms with E-state index in [0.29, 0.717) is 5.02 Å². The van der Waals surface area contributed by atoms with E-state index < -0.39 is 0 Å². The Morgan fingerprint density at radius 3 is 2.92 bits per heavy atom. The molecule has 0 unspecified atom stereocenters. The summed E-state index contributed by atoms with van der Waals surface area (Å²) in [5, 5.41) is 1.46. The first-order chi connectivity index (χ1) is 6.20. The van der Waals surface area contributed by atoms with E-state index in [1.54, 1.807) is 6.21 Å². The van der Waals surface area contributed by atoms with Crippen molar-refractivity contribution in [1.82, 2.24) is 0 Å². The van der Waals surface area contributed by atoms with Crippen LogP contribution in [0.15, 0.2) is 15.5 Å². The molecule has 1 aliphatic heterocycles. The van der Waals surface area contributed by atoms with Crippen LogP contribution < -0.4 is 0 Å². The maximum Gasteiger partial charge on any atom is 0.0639 e. The summed E-state index contributed by atoms with van der Waals surface area (Å²) in [6, 6.07) is 1.84. The summed E-state index contributed by atoms with van der Waals surface area (Å²) in [5.74, 6) is 0. The third kappa shape index (κ3) is 1.63. The summed E-state index contributed by atoms with van der Waals surface area (Å²) < 4.78 is 0.825. The Bertz CT molecular complexity index is 388. The molecule has 0 atom stereocenters. The van der Waals surface area contributed by atoms with E-state index in [1.807, 2.05) is 6.07 Å². The average molecular weight is 279 g/mol. The molecule has 1 aliphatic rings. The highest BCUT2D eigenvalue weighted by atomic mass is 79.9. The SMILES string of the molecule is Clc1cc(Br)c(Cl)c2c1CCN=C2. The van der Waals surface area contributed by atoms with Crippen molar-refractivity contribution in [2.24, 2.45) is 4.99 Å². The van der Waals surface area contributed by atoms with Gasteiger partial charge >= 0.3 is 0 Å². The Balaban J connectivity index is 2.72. The summed E-state index contributed by atoms with van der Waals surface area (Å²) in [6.07, 6.45) is 2.66. The molecule has 1 aromatic carbocycles. The number of hydrogen-bond donors (Lipinski definition) is 0. The minimum atomic E-state index is 0.697. The number of aliphatic imine (C=N–C) groups is 1. The third-order valence-corrected chi connectivity index (χ3v) is 3.62. The normalized spacial score (nSPS) is 14.4. The van der Waals surface area contributed by atoms with Gasteiger partial charge in [-0.15, -0.1) is 0 Å². The lowest BCUT2D eigenvalue weighted by Gasteiger charge is -2.14. The minimum Gasteiger partial charge on any atom is -0.292 e. The van der Waals surface area contributed by atoms with Crippen LogP contribution in [0.1, 0.15) is 11.1 Å². The Hall–Kier alpha value is -0.0500. The largest absolute Gasteiger partial charge is 0.292 e. The van der Waals surface area contributed by atoms with Gasteiger partial charge in [0.2, 0.25) is 0 Å². The number of hydrogen-bond acceptors (Lipinski definition) is 1. The minimum absolute atomic E-state index is 0.697. The molecular formula is C9H6BrCl2N. The van der Waals surface area contributed by atoms with Crippen molar-refractivity contribution in [3.8, 4) is 0 Å². The van der Waals surface area contributed by atoms with Crippen molar-refractivity contribution >= 4 is 45.3 Å². The van der Waals surface area contributed by atoms with E-state index in [-0.39, 0.29) is 0 Å². The van der Waals surface area contributed by atoms with Gasteiger partial charge in [-0.3, -0.25) is 4.99 Å². The average Bonchev–Trinajstić information content (AvgIpc) is 2.15. The molecule has 68 valence electrons. The van der Waals surface area contributed by atoms with Crippen molar-refractivity contribution in [2.75, 3.05) is 6.54 Å². The second kappa shape index (κ2) is 3.60. The van der Waals surface area contributed by atoms with E-state index in [9.17, 15) is 0 Å². The van der Waals surface area contributed by atoms with Crippen LogP contribution in [0.4, 0.5) is 0 Å². The summed E-state index contributed by atoms with van der Waals surface area (Å²) in [4.78, 5) is 4.17. The maximum atomic E-state index is 6.09. The zero-order valence-corrected chi connectivity index (χ0v) is 9.75. The fourth-order valence-electron chi connectivity index (χ4n) is 1.37. The first-order valence-corrected chi connectivity index (χ1v) is 5.41. The molecule has 0 radical (unpaired) electrons. The van der Waals surface area contributed by atoms with Gasteiger partial charge in [0.1, 0.15) is 0 Å². The molecule has 13 heavy (non-hydrogen) atoms. The first-order valence-electron chi connectivity index (χ1n) is 3.86. The molecule has 0 bridgehead atoms. The van der Waals surface area contributed by atoms with Gasteiger partial charge in [-0.05, 0) is 34.0 Å². The smallest absolute Gasteiger partial charge is 0.0639 e. The van der Waals surface area contributed by atoms with Crippen LogP contribution in [0.3, 0.4) is 0 Å². The van der Waals surface area contributed by atoms with Crippen molar-refractivity contribution < 1.29 is 0 Å². The number of fused-ring (bicyclic) bond motifs is 1. The van der Waals surface area contributed by atoms with Crippen LogP contribution in [0.5, 0.6) is 0 Å². The van der Waals surface area contributed by atoms with Crippen molar-refractivity contribution in [2.45, 2.75) is 6.42 Å². The number of halogens is 3. The van der Waals surface area contributed by atoms with Crippen molar-refractivity contribution in [3.63, 3.8) is 0 Å². The van der Waals surface area contributed by atoms with Crippen molar-refractivity contribution in [1.29, 1.82) is 0 Å². The summed E-state index contributed by atoms with van der Waals surface area (Å²) in [6.45, 7) is 0.796. The molecule has 0 saturated carbocycles. The fraction of sp³-hybridized carbons (Fsp3) is 0.222. The molecule has 1 aromatic rings. The first kappa shape index (κ1) is 9.50. The molecular weight excluding hydrogens is 273 g/mol. The molecule has 0 spiro atoms. The van der Waals surface area contributed by atoms with Crippen LogP contribution >= 0.6 is 39.1 Å². The van der Waals surface area contributed by atoms with Gasteiger partial charge in [0.15, 0.2) is 0 Å². The molecule has 0 aliphatic carbocycles. The summed E-state index contributed by atoms with van der Waals surface area (Å²) >= 11 is 15.5. The van der Waals surface area contributed by atoms with Crippen molar-refractivity contribution in [3.05, 3.63) is 31.7 Å². The number of rotatable bonds is 0. The molecule has 1 nitrogen and oxygen atoms in total. The highest BCUT2D eigenvalue weighted by Crippen LogP contribution is 2.34. The van der Waals surface area contributed by atoms with Gasteiger partial charge in [0, 0.05) is 27.8 Å². The zero-order valence-electron chi connectivity index (χ0n) is 6.65. The number of benzene rings is 1. The van der Waals surface area contributed by atoms with E-state index in [1.165, 1.54) is 0 Å². The van der Waals surface area contributed by atoms with Gasteiger partial charge in [0.05, 0.1) is 5.02 Å². The molecule has 0 fully saturated rings. The van der Waals surface area contributed by atoms with Gasteiger partial charge in [-0.25, -0.2) is 0 Å². The van der Waals surface area contributed by atoms with Crippen LogP contribution in [-0.2, 0) is 6.42 Å². The monoisotopic (exact) mass is 277 g/mol. The fourth-order valence-corrected chi connectivity index (χ4v) is 2.47. The third-order valence-electron chi connectivity index (χ3n) is 2.02.